The van der Waals surface area contributed by atoms with Crippen molar-refractivity contribution in [3.63, 3.8) is 0 Å². The molecule has 0 fully saturated rings. The van der Waals surface area contributed by atoms with Gasteiger partial charge in [0.2, 0.25) is 0 Å². The number of hydrogen-bond acceptors (Lipinski definition) is 0. The summed E-state index contributed by atoms with van der Waals surface area (Å²) in [6, 6.07) is 6.95. The molecule has 0 spiro atoms. The molecule has 0 atom stereocenters. The maximum Gasteiger partial charge on any atom is 0 e. The summed E-state index contributed by atoms with van der Waals surface area (Å²) in [5.41, 5.74) is 4.68. The maximum atomic E-state index is 2.38. The van der Waals surface area contributed by atoms with Gasteiger partial charge in [0, 0.05) is 21.1 Å². The molecular weight excluding hydrogens is 328 g/mol. The monoisotopic (exact) mass is 345 g/mol. The Morgan fingerprint density at radius 1 is 1.15 bits per heavy atom. The van der Waals surface area contributed by atoms with E-state index in [9.17, 15) is 0 Å². The normalized spacial score (nSPS) is 12.7. The molecule has 0 aromatic heterocycles. The molecule has 1 aromatic carbocycles. The van der Waals surface area contributed by atoms with E-state index in [-0.39, 0.29) is 28.5 Å². The van der Waals surface area contributed by atoms with Crippen LogP contribution in [-0.2, 0) is 40.3 Å². The van der Waals surface area contributed by atoms with E-state index in [4.69, 9.17) is 0 Å². The summed E-state index contributed by atoms with van der Waals surface area (Å²) in [6.07, 6.45) is 5.15. The van der Waals surface area contributed by atoms with Crippen LogP contribution >= 0.6 is 0 Å². The van der Waals surface area contributed by atoms with Crippen molar-refractivity contribution in [3.05, 3.63) is 42.3 Å². The summed E-state index contributed by atoms with van der Waals surface area (Å²) >= 11 is 0. The largest absolute Gasteiger partial charge is 0.358 e. The summed E-state index contributed by atoms with van der Waals surface area (Å²) in [6.45, 7) is 2.22. The van der Waals surface area contributed by atoms with Crippen LogP contribution in [0.4, 0.5) is 0 Å². The molecule has 0 heterocycles. The first-order valence-electron chi connectivity index (χ1n) is 4.51. The maximum absolute atomic E-state index is 2.38. The summed E-state index contributed by atoms with van der Waals surface area (Å²) in [7, 11) is 0. The second-order valence-electron chi connectivity index (χ2n) is 3.31. The molecule has 72 valence electrons. The Balaban J connectivity index is 0.000000720. The van der Waals surface area contributed by atoms with Crippen molar-refractivity contribution in [1.29, 1.82) is 0 Å². The van der Waals surface area contributed by atoms with Crippen LogP contribution in [0, 0.1) is 7.43 Å². The van der Waals surface area contributed by atoms with Gasteiger partial charge in [-0.25, -0.2) is 0 Å². The Kier molecular flexibility index (Phi) is 5.56. The quantitative estimate of drug-likeness (QED) is 0.686. The third-order valence-electron chi connectivity index (χ3n) is 2.57. The first-order valence-corrected chi connectivity index (χ1v) is 4.51. The molecule has 0 saturated heterocycles. The van der Waals surface area contributed by atoms with Crippen LogP contribution in [0.25, 0.3) is 0 Å². The number of aryl methyl sites for hydroxylation is 3. The van der Waals surface area contributed by atoms with E-state index in [1.54, 1.807) is 11.1 Å². The van der Waals surface area contributed by atoms with E-state index in [1.807, 2.05) is 0 Å². The van der Waals surface area contributed by atoms with E-state index >= 15 is 0 Å². The van der Waals surface area contributed by atoms with Gasteiger partial charge in [-0.3, -0.25) is 0 Å². The number of hydrogen-bond donors (Lipinski definition) is 0. The Hall–Kier alpha value is -0.0917. The zero-order valence-corrected chi connectivity index (χ0v) is 11.4. The average Bonchev–Trinajstić information content (AvgIpc) is 2.50. The Labute approximate surface area is 96.0 Å². The molecule has 0 nitrogen and oxygen atoms in total. The first kappa shape index (κ1) is 12.9. The second-order valence-corrected chi connectivity index (χ2v) is 3.31. The third-order valence-corrected chi connectivity index (χ3v) is 2.57. The van der Waals surface area contributed by atoms with Crippen LogP contribution in [0.1, 0.15) is 30.0 Å². The minimum atomic E-state index is 0. The van der Waals surface area contributed by atoms with Crippen molar-refractivity contribution in [1.82, 2.24) is 0 Å². The SMILES string of the molecule is CCc1ccc2c(c1)CCC2.[CH3-].[W]. The summed E-state index contributed by atoms with van der Waals surface area (Å²) in [5, 5.41) is 0. The number of rotatable bonds is 1. The minimum absolute atomic E-state index is 0. The molecular formula is C12H17W-. The van der Waals surface area contributed by atoms with E-state index in [2.05, 4.69) is 25.1 Å². The summed E-state index contributed by atoms with van der Waals surface area (Å²) < 4.78 is 0. The van der Waals surface area contributed by atoms with Crippen molar-refractivity contribution in [2.45, 2.75) is 32.6 Å². The van der Waals surface area contributed by atoms with Gasteiger partial charge >= 0.3 is 0 Å². The van der Waals surface area contributed by atoms with Crippen molar-refractivity contribution in [2.75, 3.05) is 0 Å². The Morgan fingerprint density at radius 2 is 1.85 bits per heavy atom. The average molecular weight is 345 g/mol. The van der Waals surface area contributed by atoms with Gasteiger partial charge in [-0.1, -0.05) is 25.1 Å². The zero-order chi connectivity index (χ0) is 7.68. The van der Waals surface area contributed by atoms with Gasteiger partial charge in [-0.05, 0) is 42.4 Å². The molecule has 1 heteroatoms. The molecule has 0 bridgehead atoms. The third kappa shape index (κ3) is 2.67. The van der Waals surface area contributed by atoms with Crippen molar-refractivity contribution in [3.8, 4) is 0 Å². The molecule has 2 rings (SSSR count). The van der Waals surface area contributed by atoms with Gasteiger partial charge < -0.3 is 7.43 Å². The minimum Gasteiger partial charge on any atom is -0.358 e. The molecule has 0 radical (unpaired) electrons. The van der Waals surface area contributed by atoms with Gasteiger partial charge in [-0.15, -0.1) is 0 Å². The van der Waals surface area contributed by atoms with E-state index in [0.29, 0.717) is 0 Å². The van der Waals surface area contributed by atoms with E-state index in [0.717, 1.165) is 0 Å². The second kappa shape index (κ2) is 5.60. The molecule has 1 aliphatic rings. The number of benzene rings is 1. The van der Waals surface area contributed by atoms with Gasteiger partial charge in [0.15, 0.2) is 0 Å². The molecule has 1 aromatic rings. The fourth-order valence-corrected chi connectivity index (χ4v) is 1.85. The Morgan fingerprint density at radius 3 is 2.54 bits per heavy atom. The van der Waals surface area contributed by atoms with Crippen molar-refractivity contribution in [2.24, 2.45) is 0 Å². The molecule has 0 aliphatic heterocycles. The van der Waals surface area contributed by atoms with Crippen LogP contribution < -0.4 is 0 Å². The molecule has 0 N–H and O–H groups in total. The van der Waals surface area contributed by atoms with Gasteiger partial charge in [0.25, 0.3) is 0 Å². The summed E-state index contributed by atoms with van der Waals surface area (Å²) in [5.74, 6) is 0. The van der Waals surface area contributed by atoms with Gasteiger partial charge in [0.1, 0.15) is 0 Å². The van der Waals surface area contributed by atoms with Crippen molar-refractivity contribution < 1.29 is 21.1 Å². The van der Waals surface area contributed by atoms with Crippen LogP contribution in [0.5, 0.6) is 0 Å². The predicted octanol–water partition coefficient (Wildman–Crippen LogP) is 3.19. The van der Waals surface area contributed by atoms with Gasteiger partial charge in [-0.2, -0.15) is 0 Å². The fraction of sp³-hybridized carbons (Fsp3) is 0.417. The van der Waals surface area contributed by atoms with Crippen molar-refractivity contribution >= 4 is 0 Å². The number of fused-ring (bicyclic) bond motifs is 1. The van der Waals surface area contributed by atoms with Crippen LogP contribution in [0.15, 0.2) is 18.2 Å². The molecule has 13 heavy (non-hydrogen) atoms. The van der Waals surface area contributed by atoms with Gasteiger partial charge in [0.05, 0.1) is 0 Å². The topological polar surface area (TPSA) is 0 Å². The standard InChI is InChI=1S/C11H14.CH3.W/c1-2-9-6-7-10-4-3-5-11(10)8-9;;/h6-8H,2-5H2,1H3;1H3;/q;-1;. The molecule has 0 amide bonds. The first-order chi connectivity index (χ1) is 5.40. The Bertz CT molecular complexity index is 266. The summed E-state index contributed by atoms with van der Waals surface area (Å²) in [4.78, 5) is 0. The van der Waals surface area contributed by atoms with Crippen LogP contribution in [-0.4, -0.2) is 0 Å². The smallest absolute Gasteiger partial charge is 0 e. The molecule has 1 aliphatic carbocycles. The van der Waals surface area contributed by atoms with Crippen LogP contribution in [0.2, 0.25) is 0 Å². The molecule has 0 saturated carbocycles. The van der Waals surface area contributed by atoms with Crippen LogP contribution in [0.3, 0.4) is 0 Å². The zero-order valence-electron chi connectivity index (χ0n) is 8.47. The molecule has 0 unspecified atom stereocenters. The van der Waals surface area contributed by atoms with E-state index in [1.165, 1.54) is 31.2 Å². The van der Waals surface area contributed by atoms with E-state index < -0.39 is 0 Å². The fourth-order valence-electron chi connectivity index (χ4n) is 1.85. The predicted molar refractivity (Wildman–Crippen MR) is 54.3 cm³/mol.